The molecule has 0 saturated heterocycles. The molecular formula is C11H12F2O3. The Morgan fingerprint density at radius 2 is 1.88 bits per heavy atom. The van der Waals surface area contributed by atoms with Gasteiger partial charge in [-0.05, 0) is 6.92 Å². The summed E-state index contributed by atoms with van der Waals surface area (Å²) < 4.78 is 35.1. The molecule has 0 fully saturated rings. The third-order valence-electron chi connectivity index (χ3n) is 1.94. The van der Waals surface area contributed by atoms with Gasteiger partial charge in [0.2, 0.25) is 0 Å². The normalized spacial score (nSPS) is 12.0. The molecule has 0 bridgehead atoms. The third-order valence-corrected chi connectivity index (χ3v) is 1.94. The number of ether oxygens (including phenoxy) is 2. The van der Waals surface area contributed by atoms with Gasteiger partial charge in [0.25, 0.3) is 0 Å². The first-order valence-corrected chi connectivity index (χ1v) is 4.69. The lowest BCUT2D eigenvalue weighted by Crippen LogP contribution is -2.20. The summed E-state index contributed by atoms with van der Waals surface area (Å²) in [5.74, 6) is -2.32. The monoisotopic (exact) mass is 230 g/mol. The molecular weight excluding hydrogens is 218 g/mol. The van der Waals surface area contributed by atoms with Crippen LogP contribution in [0.3, 0.4) is 0 Å². The first-order chi connectivity index (χ1) is 7.52. The number of methoxy groups -OCH3 is 1. The van der Waals surface area contributed by atoms with E-state index in [0.717, 1.165) is 18.2 Å². The summed E-state index contributed by atoms with van der Waals surface area (Å²) in [6.07, 6.45) is 0. The quantitative estimate of drug-likeness (QED) is 0.743. The standard InChI is InChI=1S/C11H12F2O3/c1-7(11(14)15-2)6-16-10-4-8(12)3-9(13)5-10/h3-5,7H,6H2,1-2H3. The number of carbonyl (C=O) groups is 1. The highest BCUT2D eigenvalue weighted by Gasteiger charge is 2.14. The largest absolute Gasteiger partial charge is 0.492 e. The Kier molecular flexibility index (Phi) is 4.22. The molecule has 0 aliphatic rings. The molecule has 3 nitrogen and oxygen atoms in total. The van der Waals surface area contributed by atoms with Gasteiger partial charge in [-0.15, -0.1) is 0 Å². The van der Waals surface area contributed by atoms with E-state index < -0.39 is 23.5 Å². The summed E-state index contributed by atoms with van der Waals surface area (Å²) in [5, 5.41) is 0. The minimum absolute atomic E-state index is 0.00949. The van der Waals surface area contributed by atoms with Crippen LogP contribution >= 0.6 is 0 Å². The Morgan fingerprint density at radius 1 is 1.31 bits per heavy atom. The SMILES string of the molecule is COC(=O)C(C)COc1cc(F)cc(F)c1. The van der Waals surface area contributed by atoms with Crippen LogP contribution in [0, 0.1) is 17.6 Å². The van der Waals surface area contributed by atoms with Crippen molar-refractivity contribution < 1.29 is 23.0 Å². The summed E-state index contributed by atoms with van der Waals surface area (Å²) in [5.41, 5.74) is 0. The first-order valence-electron chi connectivity index (χ1n) is 4.69. The van der Waals surface area contributed by atoms with E-state index in [1.54, 1.807) is 6.92 Å². The van der Waals surface area contributed by atoms with Gasteiger partial charge in [0.1, 0.15) is 24.0 Å². The molecule has 1 aromatic rings. The van der Waals surface area contributed by atoms with Crippen molar-refractivity contribution in [3.63, 3.8) is 0 Å². The van der Waals surface area contributed by atoms with E-state index in [9.17, 15) is 13.6 Å². The summed E-state index contributed by atoms with van der Waals surface area (Å²) in [6.45, 7) is 1.61. The molecule has 1 unspecified atom stereocenters. The van der Waals surface area contributed by atoms with Crippen molar-refractivity contribution in [3.8, 4) is 5.75 Å². The maximum Gasteiger partial charge on any atom is 0.311 e. The molecule has 1 rings (SSSR count). The summed E-state index contributed by atoms with van der Waals surface area (Å²) in [6, 6.07) is 2.84. The van der Waals surface area contributed by atoms with Crippen LogP contribution in [-0.4, -0.2) is 19.7 Å². The second kappa shape index (κ2) is 5.44. The second-order valence-corrected chi connectivity index (χ2v) is 3.34. The molecule has 0 amide bonds. The molecule has 1 atom stereocenters. The van der Waals surface area contributed by atoms with Crippen LogP contribution in [0.1, 0.15) is 6.92 Å². The zero-order valence-corrected chi connectivity index (χ0v) is 9.00. The van der Waals surface area contributed by atoms with Gasteiger partial charge in [-0.25, -0.2) is 8.78 Å². The van der Waals surface area contributed by atoms with Gasteiger partial charge in [0.05, 0.1) is 13.0 Å². The smallest absolute Gasteiger partial charge is 0.311 e. The van der Waals surface area contributed by atoms with Gasteiger partial charge in [-0.1, -0.05) is 0 Å². The lowest BCUT2D eigenvalue weighted by molar-refractivity contribution is -0.145. The summed E-state index contributed by atoms with van der Waals surface area (Å²) in [7, 11) is 1.26. The van der Waals surface area contributed by atoms with E-state index in [4.69, 9.17) is 4.74 Å². The van der Waals surface area contributed by atoms with Crippen LogP contribution in [0.2, 0.25) is 0 Å². The molecule has 88 valence electrons. The minimum Gasteiger partial charge on any atom is -0.492 e. The molecule has 0 N–H and O–H groups in total. The lowest BCUT2D eigenvalue weighted by Gasteiger charge is -2.11. The molecule has 0 aliphatic carbocycles. The van der Waals surface area contributed by atoms with Gasteiger partial charge in [-0.2, -0.15) is 0 Å². The maximum atomic E-state index is 12.8. The van der Waals surface area contributed by atoms with Crippen molar-refractivity contribution in [2.45, 2.75) is 6.92 Å². The van der Waals surface area contributed by atoms with Crippen molar-refractivity contribution in [2.75, 3.05) is 13.7 Å². The van der Waals surface area contributed by atoms with Crippen LogP contribution in [-0.2, 0) is 9.53 Å². The molecule has 1 aromatic carbocycles. The Hall–Kier alpha value is -1.65. The fourth-order valence-corrected chi connectivity index (χ4v) is 1.10. The van der Waals surface area contributed by atoms with E-state index in [0.29, 0.717) is 0 Å². The predicted octanol–water partition coefficient (Wildman–Crippen LogP) is 2.15. The first kappa shape index (κ1) is 12.4. The van der Waals surface area contributed by atoms with Crippen LogP contribution < -0.4 is 4.74 Å². The summed E-state index contributed by atoms with van der Waals surface area (Å²) in [4.78, 5) is 11.0. The number of rotatable bonds is 4. The van der Waals surface area contributed by atoms with Gasteiger partial charge in [0, 0.05) is 18.2 Å². The fraction of sp³-hybridized carbons (Fsp3) is 0.364. The number of hydrogen-bond acceptors (Lipinski definition) is 3. The third kappa shape index (κ3) is 3.49. The van der Waals surface area contributed by atoms with Gasteiger partial charge >= 0.3 is 5.97 Å². The molecule has 0 radical (unpaired) electrons. The van der Waals surface area contributed by atoms with E-state index in [-0.39, 0.29) is 12.4 Å². The number of halogens is 2. The second-order valence-electron chi connectivity index (χ2n) is 3.34. The highest BCUT2D eigenvalue weighted by atomic mass is 19.1. The van der Waals surface area contributed by atoms with Gasteiger partial charge in [-0.3, -0.25) is 4.79 Å². The number of carbonyl (C=O) groups excluding carboxylic acids is 1. The van der Waals surface area contributed by atoms with Crippen molar-refractivity contribution >= 4 is 5.97 Å². The average molecular weight is 230 g/mol. The summed E-state index contributed by atoms with van der Waals surface area (Å²) >= 11 is 0. The van der Waals surface area contributed by atoms with Gasteiger partial charge in [0.15, 0.2) is 0 Å². The molecule has 0 heterocycles. The number of benzene rings is 1. The predicted molar refractivity (Wildman–Crippen MR) is 53.0 cm³/mol. The topological polar surface area (TPSA) is 35.5 Å². The molecule has 0 spiro atoms. The maximum absolute atomic E-state index is 12.8. The highest BCUT2D eigenvalue weighted by molar-refractivity contribution is 5.71. The van der Waals surface area contributed by atoms with Crippen LogP contribution in [0.25, 0.3) is 0 Å². The van der Waals surface area contributed by atoms with Crippen LogP contribution in [0.15, 0.2) is 18.2 Å². The zero-order valence-electron chi connectivity index (χ0n) is 9.00. The van der Waals surface area contributed by atoms with Crippen molar-refractivity contribution in [1.82, 2.24) is 0 Å². The fourth-order valence-electron chi connectivity index (χ4n) is 1.10. The van der Waals surface area contributed by atoms with E-state index in [1.165, 1.54) is 7.11 Å². The van der Waals surface area contributed by atoms with Crippen molar-refractivity contribution in [1.29, 1.82) is 0 Å². The van der Waals surface area contributed by atoms with Crippen molar-refractivity contribution in [3.05, 3.63) is 29.8 Å². The van der Waals surface area contributed by atoms with E-state index in [1.807, 2.05) is 0 Å². The van der Waals surface area contributed by atoms with Gasteiger partial charge < -0.3 is 9.47 Å². The zero-order chi connectivity index (χ0) is 12.1. The van der Waals surface area contributed by atoms with Crippen LogP contribution in [0.5, 0.6) is 5.75 Å². The Morgan fingerprint density at radius 3 is 2.38 bits per heavy atom. The molecule has 16 heavy (non-hydrogen) atoms. The van der Waals surface area contributed by atoms with Crippen molar-refractivity contribution in [2.24, 2.45) is 5.92 Å². The molecule has 0 aromatic heterocycles. The Labute approximate surface area is 92.0 Å². The average Bonchev–Trinajstić information content (AvgIpc) is 2.23. The van der Waals surface area contributed by atoms with E-state index >= 15 is 0 Å². The minimum atomic E-state index is -0.722. The number of esters is 1. The molecule has 0 saturated carbocycles. The Bertz CT molecular complexity index is 359. The number of hydrogen-bond donors (Lipinski definition) is 0. The lowest BCUT2D eigenvalue weighted by atomic mass is 10.2. The Balaban J connectivity index is 2.57. The highest BCUT2D eigenvalue weighted by Crippen LogP contribution is 2.16. The molecule has 5 heteroatoms. The molecule has 0 aliphatic heterocycles. The van der Waals surface area contributed by atoms with Crippen LogP contribution in [0.4, 0.5) is 8.78 Å². The van der Waals surface area contributed by atoms with E-state index in [2.05, 4.69) is 4.74 Å².